The summed E-state index contributed by atoms with van der Waals surface area (Å²) in [6.45, 7) is 0.721. The van der Waals surface area contributed by atoms with Gasteiger partial charge in [-0.15, -0.1) is 0 Å². The molecule has 2 aromatic carbocycles. The summed E-state index contributed by atoms with van der Waals surface area (Å²) in [5.74, 6) is 1.50. The molecule has 0 bridgehead atoms. The zero-order chi connectivity index (χ0) is 20.2. The lowest BCUT2D eigenvalue weighted by Crippen LogP contribution is -2.04. The highest BCUT2D eigenvalue weighted by Gasteiger charge is 2.07. The van der Waals surface area contributed by atoms with Gasteiger partial charge >= 0.3 is 0 Å². The number of nitrogens with zero attached hydrogens (tertiary/aromatic N) is 3. The molecular weight excluding hydrogens is 374 g/mol. The number of benzene rings is 2. The van der Waals surface area contributed by atoms with E-state index in [0.717, 1.165) is 44.7 Å². The van der Waals surface area contributed by atoms with Gasteiger partial charge < -0.3 is 9.47 Å². The van der Waals surface area contributed by atoms with E-state index >= 15 is 0 Å². The van der Waals surface area contributed by atoms with Crippen molar-refractivity contribution >= 4 is 21.8 Å². The van der Waals surface area contributed by atoms with E-state index in [1.54, 1.807) is 12.4 Å². The number of hydrogen-bond acceptors (Lipinski definition) is 5. The molecule has 5 aromatic rings. The Kier molecular flexibility index (Phi) is 4.92. The number of rotatable bonds is 6. The molecule has 0 radical (unpaired) electrons. The maximum atomic E-state index is 6.00. The fourth-order valence-corrected chi connectivity index (χ4v) is 3.38. The molecular formula is C25H19N3O2. The van der Waals surface area contributed by atoms with Crippen LogP contribution in [0.1, 0.15) is 11.4 Å². The summed E-state index contributed by atoms with van der Waals surface area (Å²) >= 11 is 0. The number of para-hydroxylation sites is 2. The van der Waals surface area contributed by atoms with E-state index in [9.17, 15) is 0 Å². The number of hydrogen-bond donors (Lipinski definition) is 0. The van der Waals surface area contributed by atoms with Crippen molar-refractivity contribution in [3.05, 3.63) is 103 Å². The maximum absolute atomic E-state index is 6.00. The second-order valence-electron chi connectivity index (χ2n) is 6.86. The van der Waals surface area contributed by atoms with Crippen LogP contribution in [0, 0.1) is 0 Å². The van der Waals surface area contributed by atoms with Crippen molar-refractivity contribution < 1.29 is 9.47 Å². The van der Waals surface area contributed by atoms with Gasteiger partial charge in [0.2, 0.25) is 0 Å². The number of pyridine rings is 3. The molecule has 0 aliphatic carbocycles. The first-order valence-corrected chi connectivity index (χ1v) is 9.75. The van der Waals surface area contributed by atoms with Crippen LogP contribution in [-0.2, 0) is 13.2 Å². The SMILES string of the molecule is c1cc(COc2cccc3cccnc23)nc(COc2cccc3cccnc23)c1. The van der Waals surface area contributed by atoms with E-state index in [-0.39, 0.29) is 0 Å². The Balaban J connectivity index is 1.29. The van der Waals surface area contributed by atoms with Gasteiger partial charge in [0.05, 0.1) is 11.4 Å². The third kappa shape index (κ3) is 3.78. The summed E-state index contributed by atoms with van der Waals surface area (Å²) in [6.07, 6.45) is 3.54. The van der Waals surface area contributed by atoms with E-state index in [4.69, 9.17) is 9.47 Å². The molecule has 146 valence electrons. The summed E-state index contributed by atoms with van der Waals surface area (Å²) in [6, 6.07) is 25.6. The fraction of sp³-hybridized carbons (Fsp3) is 0.0800. The molecule has 30 heavy (non-hydrogen) atoms. The fourth-order valence-electron chi connectivity index (χ4n) is 3.38. The van der Waals surface area contributed by atoms with Crippen LogP contribution in [0.25, 0.3) is 21.8 Å². The van der Waals surface area contributed by atoms with Gasteiger partial charge in [0.25, 0.3) is 0 Å². The van der Waals surface area contributed by atoms with Crippen LogP contribution in [-0.4, -0.2) is 15.0 Å². The second-order valence-corrected chi connectivity index (χ2v) is 6.86. The van der Waals surface area contributed by atoms with Crippen molar-refractivity contribution in [3.63, 3.8) is 0 Å². The Morgan fingerprint density at radius 3 is 1.53 bits per heavy atom. The first-order chi connectivity index (χ1) is 14.9. The Bertz CT molecular complexity index is 1210. The third-order valence-electron chi connectivity index (χ3n) is 4.81. The Morgan fingerprint density at radius 2 is 1.00 bits per heavy atom. The molecule has 0 N–H and O–H groups in total. The number of fused-ring (bicyclic) bond motifs is 2. The summed E-state index contributed by atoms with van der Waals surface area (Å²) in [5.41, 5.74) is 3.37. The van der Waals surface area contributed by atoms with Crippen molar-refractivity contribution in [3.8, 4) is 11.5 Å². The minimum absolute atomic E-state index is 0.360. The summed E-state index contributed by atoms with van der Waals surface area (Å²) in [5, 5.41) is 2.10. The zero-order valence-corrected chi connectivity index (χ0v) is 16.2. The zero-order valence-electron chi connectivity index (χ0n) is 16.2. The average Bonchev–Trinajstić information content (AvgIpc) is 2.81. The van der Waals surface area contributed by atoms with Crippen molar-refractivity contribution in [2.45, 2.75) is 13.2 Å². The van der Waals surface area contributed by atoms with Crippen LogP contribution in [0.2, 0.25) is 0 Å². The van der Waals surface area contributed by atoms with Gasteiger partial charge in [-0.05, 0) is 36.4 Å². The van der Waals surface area contributed by atoms with Gasteiger partial charge in [0, 0.05) is 23.2 Å². The smallest absolute Gasteiger partial charge is 0.146 e. The van der Waals surface area contributed by atoms with Gasteiger partial charge in [0.1, 0.15) is 35.7 Å². The quantitative estimate of drug-likeness (QED) is 0.390. The number of aromatic nitrogens is 3. The molecule has 0 atom stereocenters. The first kappa shape index (κ1) is 18.1. The average molecular weight is 393 g/mol. The highest BCUT2D eigenvalue weighted by molar-refractivity contribution is 5.84. The molecule has 5 nitrogen and oxygen atoms in total. The summed E-state index contributed by atoms with van der Waals surface area (Å²) in [7, 11) is 0. The van der Waals surface area contributed by atoms with Crippen molar-refractivity contribution in [2.75, 3.05) is 0 Å². The van der Waals surface area contributed by atoms with Crippen LogP contribution >= 0.6 is 0 Å². The Labute approximate surface area is 174 Å². The van der Waals surface area contributed by atoms with Gasteiger partial charge in [-0.2, -0.15) is 0 Å². The molecule has 5 rings (SSSR count). The van der Waals surface area contributed by atoms with E-state index in [0.29, 0.717) is 13.2 Å². The second kappa shape index (κ2) is 8.17. The van der Waals surface area contributed by atoms with Crippen LogP contribution < -0.4 is 9.47 Å². The third-order valence-corrected chi connectivity index (χ3v) is 4.81. The lowest BCUT2D eigenvalue weighted by atomic mass is 10.2. The van der Waals surface area contributed by atoms with Crippen LogP contribution in [0.4, 0.5) is 0 Å². The molecule has 0 amide bonds. The molecule has 3 aromatic heterocycles. The summed E-state index contributed by atoms with van der Waals surface area (Å²) < 4.78 is 12.0. The lowest BCUT2D eigenvalue weighted by molar-refractivity contribution is 0.293. The van der Waals surface area contributed by atoms with E-state index in [2.05, 4.69) is 15.0 Å². The molecule has 0 fully saturated rings. The normalized spacial score (nSPS) is 10.9. The molecule has 0 spiro atoms. The van der Waals surface area contributed by atoms with E-state index in [1.807, 2.05) is 78.9 Å². The highest BCUT2D eigenvalue weighted by atomic mass is 16.5. The van der Waals surface area contributed by atoms with Gasteiger partial charge in [-0.1, -0.05) is 42.5 Å². The Hall–Kier alpha value is -3.99. The van der Waals surface area contributed by atoms with Gasteiger partial charge in [0.15, 0.2) is 0 Å². The lowest BCUT2D eigenvalue weighted by Gasteiger charge is -2.10. The topological polar surface area (TPSA) is 57.1 Å². The highest BCUT2D eigenvalue weighted by Crippen LogP contribution is 2.25. The van der Waals surface area contributed by atoms with Gasteiger partial charge in [-0.3, -0.25) is 15.0 Å². The molecule has 0 unspecified atom stereocenters. The first-order valence-electron chi connectivity index (χ1n) is 9.75. The van der Waals surface area contributed by atoms with Crippen LogP contribution in [0.15, 0.2) is 91.3 Å². The standard InChI is InChI=1S/C25H19N3O2/c1-6-18-8-4-14-26-24(18)22(12-1)29-16-20-10-3-11-21(28-20)17-30-23-13-2-7-19-9-5-15-27-25(19)23/h1-15H,16-17H2. The summed E-state index contributed by atoms with van der Waals surface area (Å²) in [4.78, 5) is 13.5. The van der Waals surface area contributed by atoms with Crippen molar-refractivity contribution in [2.24, 2.45) is 0 Å². The largest absolute Gasteiger partial charge is 0.485 e. The minimum Gasteiger partial charge on any atom is -0.485 e. The van der Waals surface area contributed by atoms with Crippen LogP contribution in [0.3, 0.4) is 0 Å². The van der Waals surface area contributed by atoms with Crippen molar-refractivity contribution in [1.82, 2.24) is 15.0 Å². The minimum atomic E-state index is 0.360. The number of ether oxygens (including phenoxy) is 2. The molecule has 5 heteroatoms. The molecule has 0 aliphatic heterocycles. The van der Waals surface area contributed by atoms with Gasteiger partial charge in [-0.25, -0.2) is 0 Å². The van der Waals surface area contributed by atoms with Crippen LogP contribution in [0.5, 0.6) is 11.5 Å². The van der Waals surface area contributed by atoms with E-state index < -0.39 is 0 Å². The Morgan fingerprint density at radius 1 is 0.533 bits per heavy atom. The monoisotopic (exact) mass is 393 g/mol. The van der Waals surface area contributed by atoms with Crippen molar-refractivity contribution in [1.29, 1.82) is 0 Å². The predicted molar refractivity (Wildman–Crippen MR) is 116 cm³/mol. The maximum Gasteiger partial charge on any atom is 0.146 e. The molecule has 0 saturated heterocycles. The molecule has 0 saturated carbocycles. The van der Waals surface area contributed by atoms with E-state index in [1.165, 1.54) is 0 Å². The molecule has 3 heterocycles. The predicted octanol–water partition coefficient (Wildman–Crippen LogP) is 5.34. The molecule has 0 aliphatic rings.